The van der Waals surface area contributed by atoms with Gasteiger partial charge in [0.2, 0.25) is 0 Å². The van der Waals surface area contributed by atoms with Gasteiger partial charge in [0.25, 0.3) is 0 Å². The Hall–Kier alpha value is -1.50. The molecule has 2 heterocycles. The summed E-state index contributed by atoms with van der Waals surface area (Å²) in [7, 11) is 0. The predicted octanol–water partition coefficient (Wildman–Crippen LogP) is -0.267. The van der Waals surface area contributed by atoms with Gasteiger partial charge in [-0.2, -0.15) is 0 Å². The van der Waals surface area contributed by atoms with Gasteiger partial charge in [0.1, 0.15) is 0 Å². The highest BCUT2D eigenvalue weighted by Gasteiger charge is 2.13. The number of aliphatic hydroxyl groups excluding tert-OH is 2. The van der Waals surface area contributed by atoms with E-state index < -0.39 is 6.10 Å². The molecule has 0 aliphatic carbocycles. The molecule has 6 nitrogen and oxygen atoms in total. The van der Waals surface area contributed by atoms with Gasteiger partial charge in [0.05, 0.1) is 18.8 Å². The third kappa shape index (κ3) is 2.60. The Bertz CT molecular complexity index is 485. The van der Waals surface area contributed by atoms with Crippen molar-refractivity contribution in [2.45, 2.75) is 19.1 Å². The molecular weight excluding hydrogens is 220 g/mol. The van der Waals surface area contributed by atoms with Crippen LogP contribution in [0.3, 0.4) is 0 Å². The Labute approximate surface area is 98.9 Å². The summed E-state index contributed by atoms with van der Waals surface area (Å²) in [5, 5.41) is 29.2. The van der Waals surface area contributed by atoms with Gasteiger partial charge in [-0.3, -0.25) is 4.40 Å². The van der Waals surface area contributed by atoms with Crippen molar-refractivity contribution in [3.8, 4) is 0 Å². The zero-order valence-corrected chi connectivity index (χ0v) is 9.61. The van der Waals surface area contributed by atoms with E-state index in [1.54, 1.807) is 0 Å². The number of hydrogen-bond donors (Lipinski definition) is 3. The van der Waals surface area contributed by atoms with Crippen molar-refractivity contribution >= 4 is 5.65 Å². The largest absolute Gasteiger partial charge is 0.394 e. The van der Waals surface area contributed by atoms with Crippen LogP contribution in [0, 0.1) is 0 Å². The fourth-order valence-electron chi connectivity index (χ4n) is 1.62. The molecule has 0 saturated heterocycles. The Morgan fingerprint density at radius 1 is 1.41 bits per heavy atom. The molecule has 0 saturated carbocycles. The zero-order chi connectivity index (χ0) is 12.3. The molecule has 6 heteroatoms. The molecular formula is C11H16N4O2. The number of pyridine rings is 1. The molecule has 92 valence electrons. The summed E-state index contributed by atoms with van der Waals surface area (Å²) in [6.07, 6.45) is 1.14. The lowest BCUT2D eigenvalue weighted by molar-refractivity contribution is 0.0921. The van der Waals surface area contributed by atoms with Gasteiger partial charge in [0.15, 0.2) is 11.5 Å². The molecule has 2 atom stereocenters. The van der Waals surface area contributed by atoms with E-state index in [2.05, 4.69) is 15.5 Å². The molecule has 0 aromatic carbocycles. The minimum absolute atomic E-state index is 0.0476. The van der Waals surface area contributed by atoms with E-state index in [9.17, 15) is 5.11 Å². The van der Waals surface area contributed by atoms with Crippen molar-refractivity contribution in [3.63, 3.8) is 0 Å². The quantitative estimate of drug-likeness (QED) is 0.666. The number of hydrogen-bond acceptors (Lipinski definition) is 5. The van der Waals surface area contributed by atoms with Gasteiger partial charge in [-0.05, 0) is 19.1 Å². The van der Waals surface area contributed by atoms with Crippen LogP contribution in [0.2, 0.25) is 0 Å². The molecule has 2 rings (SSSR count). The SMILES string of the molecule is CC(NCC(O)CO)c1nnc2ccccn12. The molecule has 2 unspecified atom stereocenters. The third-order valence-corrected chi connectivity index (χ3v) is 2.60. The predicted molar refractivity (Wildman–Crippen MR) is 62.5 cm³/mol. The highest BCUT2D eigenvalue weighted by Crippen LogP contribution is 2.11. The number of nitrogens with one attached hydrogen (secondary N) is 1. The molecule has 3 N–H and O–H groups in total. The second kappa shape index (κ2) is 5.22. The zero-order valence-electron chi connectivity index (χ0n) is 9.61. The summed E-state index contributed by atoms with van der Waals surface area (Å²) in [6.45, 7) is 2.01. The maximum atomic E-state index is 9.26. The lowest BCUT2D eigenvalue weighted by Crippen LogP contribution is -2.32. The average Bonchev–Trinajstić information content (AvgIpc) is 2.79. The first kappa shape index (κ1) is 12.0. The summed E-state index contributed by atoms with van der Waals surface area (Å²) in [5.41, 5.74) is 0.791. The average molecular weight is 236 g/mol. The van der Waals surface area contributed by atoms with Crippen LogP contribution < -0.4 is 5.32 Å². The monoisotopic (exact) mass is 236 g/mol. The van der Waals surface area contributed by atoms with E-state index >= 15 is 0 Å². The lowest BCUT2D eigenvalue weighted by atomic mass is 10.3. The molecule has 0 bridgehead atoms. The first-order chi connectivity index (χ1) is 8.22. The lowest BCUT2D eigenvalue weighted by Gasteiger charge is -2.14. The van der Waals surface area contributed by atoms with Crippen LogP contribution >= 0.6 is 0 Å². The van der Waals surface area contributed by atoms with Crippen molar-refractivity contribution in [1.29, 1.82) is 0 Å². The summed E-state index contributed by atoms with van der Waals surface area (Å²) in [4.78, 5) is 0. The fraction of sp³-hybridized carbons (Fsp3) is 0.455. The standard InChI is InChI=1S/C11H16N4O2/c1-8(12-6-9(17)7-16)11-14-13-10-4-2-3-5-15(10)11/h2-5,8-9,12,16-17H,6-7H2,1H3. The smallest absolute Gasteiger partial charge is 0.160 e. The van der Waals surface area contributed by atoms with Crippen molar-refractivity contribution in [2.75, 3.05) is 13.2 Å². The number of nitrogens with zero attached hydrogens (tertiary/aromatic N) is 3. The summed E-state index contributed by atoms with van der Waals surface area (Å²) in [5.74, 6) is 0.783. The Morgan fingerprint density at radius 3 is 3.00 bits per heavy atom. The Kier molecular flexibility index (Phi) is 3.68. The highest BCUT2D eigenvalue weighted by atomic mass is 16.3. The topological polar surface area (TPSA) is 82.7 Å². The number of aromatic nitrogens is 3. The van der Waals surface area contributed by atoms with E-state index in [1.165, 1.54) is 0 Å². The second-order valence-corrected chi connectivity index (χ2v) is 3.95. The number of fused-ring (bicyclic) bond motifs is 1. The fourth-order valence-corrected chi connectivity index (χ4v) is 1.62. The van der Waals surface area contributed by atoms with Crippen molar-refractivity contribution in [1.82, 2.24) is 19.9 Å². The van der Waals surface area contributed by atoms with Crippen LogP contribution in [0.4, 0.5) is 0 Å². The van der Waals surface area contributed by atoms with E-state index in [-0.39, 0.29) is 12.6 Å². The van der Waals surface area contributed by atoms with Crippen molar-refractivity contribution in [2.24, 2.45) is 0 Å². The van der Waals surface area contributed by atoms with Gasteiger partial charge in [0, 0.05) is 12.7 Å². The first-order valence-corrected chi connectivity index (χ1v) is 5.54. The van der Waals surface area contributed by atoms with E-state index in [1.807, 2.05) is 35.7 Å². The Balaban J connectivity index is 2.11. The van der Waals surface area contributed by atoms with Crippen molar-refractivity contribution < 1.29 is 10.2 Å². The van der Waals surface area contributed by atoms with Crippen LogP contribution in [-0.2, 0) is 0 Å². The Morgan fingerprint density at radius 2 is 2.24 bits per heavy atom. The van der Waals surface area contributed by atoms with E-state index in [0.717, 1.165) is 11.5 Å². The van der Waals surface area contributed by atoms with Gasteiger partial charge < -0.3 is 15.5 Å². The molecule has 2 aromatic rings. The highest BCUT2D eigenvalue weighted by molar-refractivity contribution is 5.37. The van der Waals surface area contributed by atoms with Crippen LogP contribution in [0.25, 0.3) is 5.65 Å². The minimum Gasteiger partial charge on any atom is -0.394 e. The maximum Gasteiger partial charge on any atom is 0.160 e. The molecule has 0 radical (unpaired) electrons. The van der Waals surface area contributed by atoms with E-state index in [0.29, 0.717) is 6.54 Å². The molecule has 2 aromatic heterocycles. The van der Waals surface area contributed by atoms with Crippen LogP contribution in [0.5, 0.6) is 0 Å². The van der Waals surface area contributed by atoms with Gasteiger partial charge in [-0.1, -0.05) is 6.07 Å². The van der Waals surface area contributed by atoms with Gasteiger partial charge in [-0.15, -0.1) is 10.2 Å². The molecule has 0 fully saturated rings. The molecule has 0 aliphatic heterocycles. The maximum absolute atomic E-state index is 9.26. The van der Waals surface area contributed by atoms with Gasteiger partial charge >= 0.3 is 0 Å². The van der Waals surface area contributed by atoms with Crippen LogP contribution in [0.15, 0.2) is 24.4 Å². The third-order valence-electron chi connectivity index (χ3n) is 2.60. The van der Waals surface area contributed by atoms with E-state index in [4.69, 9.17) is 5.11 Å². The summed E-state index contributed by atoms with van der Waals surface area (Å²) < 4.78 is 1.89. The molecule has 0 aliphatic rings. The molecule has 17 heavy (non-hydrogen) atoms. The first-order valence-electron chi connectivity index (χ1n) is 5.54. The normalized spacial score (nSPS) is 15.0. The van der Waals surface area contributed by atoms with Crippen LogP contribution in [-0.4, -0.2) is 44.1 Å². The van der Waals surface area contributed by atoms with Crippen molar-refractivity contribution in [3.05, 3.63) is 30.2 Å². The number of rotatable bonds is 5. The minimum atomic E-state index is -0.753. The van der Waals surface area contributed by atoms with Crippen LogP contribution in [0.1, 0.15) is 18.8 Å². The second-order valence-electron chi connectivity index (χ2n) is 3.95. The van der Waals surface area contributed by atoms with Gasteiger partial charge in [-0.25, -0.2) is 0 Å². The molecule has 0 amide bonds. The summed E-state index contributed by atoms with van der Waals surface area (Å²) in [6, 6.07) is 5.65. The molecule has 0 spiro atoms. The summed E-state index contributed by atoms with van der Waals surface area (Å²) >= 11 is 0. The number of aliphatic hydroxyl groups is 2.